The van der Waals surface area contributed by atoms with Crippen LogP contribution >= 0.6 is 0 Å². The predicted molar refractivity (Wildman–Crippen MR) is 122 cm³/mol. The normalized spacial score (nSPS) is 15.5. The van der Waals surface area contributed by atoms with Gasteiger partial charge in [-0.2, -0.15) is 0 Å². The first-order chi connectivity index (χ1) is 15.2. The highest BCUT2D eigenvalue weighted by atomic mass is 19.1. The lowest BCUT2D eigenvalue weighted by Crippen LogP contribution is -2.36. The zero-order valence-electron chi connectivity index (χ0n) is 18.5. The highest BCUT2D eigenvalue weighted by Gasteiger charge is 2.24. The van der Waals surface area contributed by atoms with E-state index in [4.69, 9.17) is 0 Å². The minimum atomic E-state index is -0.542. The van der Waals surface area contributed by atoms with Crippen LogP contribution in [-0.4, -0.2) is 41.2 Å². The zero-order chi connectivity index (χ0) is 23.4. The molecule has 1 fully saturated rings. The maximum absolute atomic E-state index is 14.1. The summed E-state index contributed by atoms with van der Waals surface area (Å²) in [7, 11) is 0. The zero-order valence-corrected chi connectivity index (χ0v) is 18.5. The van der Waals surface area contributed by atoms with E-state index in [2.05, 4.69) is 15.5 Å². The van der Waals surface area contributed by atoms with Gasteiger partial charge in [-0.3, -0.25) is 14.9 Å². The van der Waals surface area contributed by atoms with Gasteiger partial charge in [-0.05, 0) is 63.9 Å². The van der Waals surface area contributed by atoms with Crippen molar-refractivity contribution in [3.8, 4) is 0 Å². The van der Waals surface area contributed by atoms with Gasteiger partial charge in [0.25, 0.3) is 11.6 Å². The van der Waals surface area contributed by atoms with Crippen molar-refractivity contribution >= 4 is 23.0 Å². The number of benzene rings is 2. The van der Waals surface area contributed by atoms with Crippen LogP contribution in [0.3, 0.4) is 0 Å². The van der Waals surface area contributed by atoms with E-state index in [1.165, 1.54) is 30.3 Å². The average Bonchev–Trinajstić information content (AvgIpc) is 2.74. The lowest BCUT2D eigenvalue weighted by molar-refractivity contribution is -0.384. The molecule has 1 aliphatic rings. The lowest BCUT2D eigenvalue weighted by Gasteiger charge is -2.34. The van der Waals surface area contributed by atoms with Gasteiger partial charge in [0.05, 0.1) is 17.1 Å². The number of carbonyl (C=O) groups excluding carboxylic acids is 1. The van der Waals surface area contributed by atoms with Crippen molar-refractivity contribution in [2.24, 2.45) is 0 Å². The second kappa shape index (κ2) is 9.95. The van der Waals surface area contributed by atoms with Gasteiger partial charge in [0.1, 0.15) is 11.5 Å². The Morgan fingerprint density at radius 3 is 2.50 bits per heavy atom. The average molecular weight is 445 g/mol. The maximum atomic E-state index is 14.1. The summed E-state index contributed by atoms with van der Waals surface area (Å²) in [6.07, 6.45) is 0.924. The molecule has 0 saturated carbocycles. The van der Waals surface area contributed by atoms with Crippen molar-refractivity contribution in [3.63, 3.8) is 0 Å². The van der Waals surface area contributed by atoms with Crippen molar-refractivity contribution < 1.29 is 19.2 Å². The number of halogens is 1. The highest BCUT2D eigenvalue weighted by Crippen LogP contribution is 2.34. The fourth-order valence-corrected chi connectivity index (χ4v) is 3.87. The number of nitro groups is 1. The van der Waals surface area contributed by atoms with E-state index >= 15 is 0 Å². The van der Waals surface area contributed by atoms with Crippen LogP contribution in [0.4, 0.5) is 21.5 Å². The molecule has 1 heterocycles. The van der Waals surface area contributed by atoms with Crippen LogP contribution < -0.4 is 15.5 Å². The Hall–Kier alpha value is -3.20. The minimum absolute atomic E-state index is 0.0957. The number of aliphatic hydroxyl groups is 1. The van der Waals surface area contributed by atoms with E-state index in [0.717, 1.165) is 5.69 Å². The van der Waals surface area contributed by atoms with Crippen LogP contribution in [0.1, 0.15) is 55.6 Å². The molecule has 0 bridgehead atoms. The Morgan fingerprint density at radius 2 is 1.88 bits per heavy atom. The van der Waals surface area contributed by atoms with E-state index in [1.807, 2.05) is 13.8 Å². The first-order valence-electron chi connectivity index (χ1n) is 10.7. The molecule has 0 aliphatic carbocycles. The van der Waals surface area contributed by atoms with Crippen LogP contribution in [0.25, 0.3) is 0 Å². The van der Waals surface area contributed by atoms with Gasteiger partial charge in [-0.1, -0.05) is 0 Å². The molecule has 1 aliphatic heterocycles. The number of amides is 1. The third-order valence-corrected chi connectivity index (χ3v) is 5.51. The van der Waals surface area contributed by atoms with Crippen LogP contribution in [0.2, 0.25) is 0 Å². The second-order valence-corrected chi connectivity index (χ2v) is 8.40. The molecule has 9 heteroatoms. The Bertz CT molecular complexity index is 990. The smallest absolute Gasteiger partial charge is 0.293 e. The number of rotatable bonds is 7. The summed E-state index contributed by atoms with van der Waals surface area (Å²) in [5.74, 6) is -0.785. The number of hydrogen-bond donors (Lipinski definition) is 3. The molecule has 172 valence electrons. The van der Waals surface area contributed by atoms with Gasteiger partial charge in [0, 0.05) is 42.0 Å². The van der Waals surface area contributed by atoms with Crippen molar-refractivity contribution in [3.05, 3.63) is 63.5 Å². The molecule has 1 amide bonds. The molecule has 0 aromatic heterocycles. The second-order valence-electron chi connectivity index (χ2n) is 8.40. The molecule has 1 atom stereocenters. The van der Waals surface area contributed by atoms with Crippen LogP contribution in [-0.2, 0) is 0 Å². The first-order valence-corrected chi connectivity index (χ1v) is 10.7. The Kier molecular flexibility index (Phi) is 7.29. The van der Waals surface area contributed by atoms with Gasteiger partial charge >= 0.3 is 0 Å². The van der Waals surface area contributed by atoms with Crippen molar-refractivity contribution in [2.45, 2.75) is 51.8 Å². The van der Waals surface area contributed by atoms with Crippen molar-refractivity contribution in [1.82, 2.24) is 5.32 Å². The van der Waals surface area contributed by atoms with Gasteiger partial charge in [0.15, 0.2) is 0 Å². The molecular weight excluding hydrogens is 415 g/mol. The summed E-state index contributed by atoms with van der Waals surface area (Å²) in [6.45, 7) is 6.71. The summed E-state index contributed by atoms with van der Waals surface area (Å²) < 4.78 is 14.1. The quantitative estimate of drug-likeness (QED) is 0.440. The standard InChI is InChI=1S/C23H29FN4O4/c1-14(2)25-23(30)16-4-6-20(22(12-16)28(31)32)26-15(3)19-13-17(24)5-7-21(19)27-10-8-18(29)9-11-27/h4-7,12-15,18,26,29H,8-11H2,1-3H3,(H,25,30). The van der Waals surface area contributed by atoms with E-state index < -0.39 is 16.8 Å². The Balaban J connectivity index is 1.88. The van der Waals surface area contributed by atoms with Gasteiger partial charge in [0.2, 0.25) is 0 Å². The van der Waals surface area contributed by atoms with Gasteiger partial charge < -0.3 is 20.6 Å². The number of aliphatic hydroxyl groups excluding tert-OH is 1. The monoisotopic (exact) mass is 444 g/mol. The number of nitrogens with zero attached hydrogens (tertiary/aromatic N) is 2. The molecule has 8 nitrogen and oxygen atoms in total. The number of nitrogens with one attached hydrogen (secondary N) is 2. The first kappa shape index (κ1) is 23.5. The molecule has 0 radical (unpaired) electrons. The predicted octanol–water partition coefficient (Wildman–Crippen LogP) is 4.01. The van der Waals surface area contributed by atoms with Crippen molar-refractivity contribution in [1.29, 1.82) is 0 Å². The number of carbonyl (C=O) groups is 1. The summed E-state index contributed by atoms with van der Waals surface area (Å²) in [5.41, 5.74) is 1.70. The SMILES string of the molecule is CC(C)NC(=O)c1ccc(NC(C)c2cc(F)ccc2N2CCC(O)CC2)c([N+](=O)[O-])c1. The largest absolute Gasteiger partial charge is 0.393 e. The molecule has 1 saturated heterocycles. The summed E-state index contributed by atoms with van der Waals surface area (Å²) in [4.78, 5) is 25.5. The van der Waals surface area contributed by atoms with Crippen molar-refractivity contribution in [2.75, 3.05) is 23.3 Å². The molecule has 2 aromatic rings. The molecule has 0 spiro atoms. The molecule has 1 unspecified atom stereocenters. The molecule has 3 N–H and O–H groups in total. The molecule has 2 aromatic carbocycles. The number of nitro benzene ring substituents is 1. The van der Waals surface area contributed by atoms with E-state index in [9.17, 15) is 24.4 Å². The highest BCUT2D eigenvalue weighted by molar-refractivity contribution is 5.95. The van der Waals surface area contributed by atoms with Gasteiger partial charge in [-0.15, -0.1) is 0 Å². The van der Waals surface area contributed by atoms with Gasteiger partial charge in [-0.25, -0.2) is 4.39 Å². The Morgan fingerprint density at radius 1 is 1.19 bits per heavy atom. The number of hydrogen-bond acceptors (Lipinski definition) is 6. The minimum Gasteiger partial charge on any atom is -0.393 e. The lowest BCUT2D eigenvalue weighted by atomic mass is 10.0. The molecular formula is C23H29FN4O4. The van der Waals surface area contributed by atoms with E-state index in [-0.39, 0.29) is 35.0 Å². The van der Waals surface area contributed by atoms with Crippen LogP contribution in [0, 0.1) is 15.9 Å². The van der Waals surface area contributed by atoms with Crippen LogP contribution in [0.15, 0.2) is 36.4 Å². The third-order valence-electron chi connectivity index (χ3n) is 5.51. The number of piperidine rings is 1. The fourth-order valence-electron chi connectivity index (χ4n) is 3.87. The third kappa shape index (κ3) is 5.53. The van der Waals surface area contributed by atoms with E-state index in [1.54, 1.807) is 13.0 Å². The Labute approximate surface area is 186 Å². The van der Waals surface area contributed by atoms with E-state index in [0.29, 0.717) is 31.5 Å². The molecule has 32 heavy (non-hydrogen) atoms. The van der Waals surface area contributed by atoms with Crippen LogP contribution in [0.5, 0.6) is 0 Å². The summed E-state index contributed by atoms with van der Waals surface area (Å²) in [5, 5.41) is 27.3. The summed E-state index contributed by atoms with van der Waals surface area (Å²) in [6, 6.07) is 8.25. The topological polar surface area (TPSA) is 108 Å². The molecule has 3 rings (SSSR count). The number of anilines is 2. The maximum Gasteiger partial charge on any atom is 0.293 e. The fraction of sp³-hybridized carbons (Fsp3) is 0.435. The summed E-state index contributed by atoms with van der Waals surface area (Å²) >= 11 is 0.